The highest BCUT2D eigenvalue weighted by Crippen LogP contribution is 2.21. The quantitative estimate of drug-likeness (QED) is 0.552. The Bertz CT molecular complexity index is 170. The van der Waals surface area contributed by atoms with Gasteiger partial charge in [-0.1, -0.05) is 0 Å². The van der Waals surface area contributed by atoms with Crippen LogP contribution in [0.2, 0.25) is 0 Å². The minimum absolute atomic E-state index is 0.0150. The van der Waals surface area contributed by atoms with Crippen LogP contribution in [-0.4, -0.2) is 37.1 Å². The third-order valence-corrected chi connectivity index (χ3v) is 2.76. The van der Waals surface area contributed by atoms with Gasteiger partial charge in [-0.05, 0) is 33.2 Å². The lowest BCUT2D eigenvalue weighted by Crippen LogP contribution is -2.47. The van der Waals surface area contributed by atoms with Crippen molar-refractivity contribution in [2.45, 2.75) is 38.3 Å². The highest BCUT2D eigenvalue weighted by Gasteiger charge is 2.30. The maximum absolute atomic E-state index is 11.3. The first-order valence-corrected chi connectivity index (χ1v) is 4.46. The van der Waals surface area contributed by atoms with Gasteiger partial charge in [0.25, 0.3) is 0 Å². The summed E-state index contributed by atoms with van der Waals surface area (Å²) in [7, 11) is 3.45. The van der Waals surface area contributed by atoms with Gasteiger partial charge in [-0.2, -0.15) is 0 Å². The molecule has 0 saturated carbocycles. The first-order valence-electron chi connectivity index (χ1n) is 4.46. The molecule has 12 heavy (non-hydrogen) atoms. The largest absolute Gasteiger partial charge is 0.468 e. The van der Waals surface area contributed by atoms with E-state index in [-0.39, 0.29) is 12.0 Å². The van der Waals surface area contributed by atoms with Crippen LogP contribution in [0.5, 0.6) is 0 Å². The predicted molar refractivity (Wildman–Crippen MR) is 46.9 cm³/mol. The number of piperidine rings is 1. The number of likely N-dealkylation sites (tertiary alicyclic amines) is 1. The third-order valence-electron chi connectivity index (χ3n) is 2.76. The number of likely N-dealkylation sites (N-methyl/N-ethyl adjacent to an activating group) is 1. The van der Waals surface area contributed by atoms with Crippen molar-refractivity contribution >= 4 is 5.97 Å². The molecule has 0 aromatic rings. The van der Waals surface area contributed by atoms with Crippen LogP contribution in [-0.2, 0) is 9.53 Å². The number of hydrogen-bond acceptors (Lipinski definition) is 3. The van der Waals surface area contributed by atoms with Crippen LogP contribution < -0.4 is 0 Å². The number of carbonyl (C=O) groups excluding carboxylic acids is 1. The lowest BCUT2D eigenvalue weighted by Gasteiger charge is -2.35. The third kappa shape index (κ3) is 1.78. The van der Waals surface area contributed by atoms with Crippen LogP contribution in [0.1, 0.15) is 26.2 Å². The van der Waals surface area contributed by atoms with E-state index >= 15 is 0 Å². The van der Waals surface area contributed by atoms with E-state index in [2.05, 4.69) is 11.8 Å². The Morgan fingerprint density at radius 2 is 2.17 bits per heavy atom. The molecule has 0 spiro atoms. The fourth-order valence-corrected chi connectivity index (χ4v) is 1.74. The van der Waals surface area contributed by atoms with E-state index in [4.69, 9.17) is 4.74 Å². The monoisotopic (exact) mass is 171 g/mol. The molecule has 1 heterocycles. The lowest BCUT2D eigenvalue weighted by atomic mass is 9.97. The predicted octanol–water partition coefficient (Wildman–Crippen LogP) is 1.03. The first-order chi connectivity index (χ1) is 5.66. The summed E-state index contributed by atoms with van der Waals surface area (Å²) < 4.78 is 4.73. The van der Waals surface area contributed by atoms with Gasteiger partial charge in [-0.3, -0.25) is 9.69 Å². The van der Waals surface area contributed by atoms with Crippen LogP contribution in [0.25, 0.3) is 0 Å². The van der Waals surface area contributed by atoms with Gasteiger partial charge < -0.3 is 4.74 Å². The van der Waals surface area contributed by atoms with Gasteiger partial charge in [0.1, 0.15) is 6.04 Å². The summed E-state index contributed by atoms with van der Waals surface area (Å²) in [5, 5.41) is 0. The topological polar surface area (TPSA) is 29.5 Å². The second-order valence-electron chi connectivity index (χ2n) is 3.48. The molecule has 3 nitrogen and oxygen atoms in total. The Morgan fingerprint density at radius 1 is 1.50 bits per heavy atom. The van der Waals surface area contributed by atoms with Crippen LogP contribution in [0, 0.1) is 0 Å². The van der Waals surface area contributed by atoms with Crippen molar-refractivity contribution in [3.63, 3.8) is 0 Å². The van der Waals surface area contributed by atoms with Crippen molar-refractivity contribution in [1.82, 2.24) is 4.90 Å². The molecule has 0 aromatic heterocycles. The first kappa shape index (κ1) is 9.52. The SMILES string of the molecule is COC(=O)C1CCCC(C)N1C. The average Bonchev–Trinajstić information content (AvgIpc) is 2.08. The molecule has 1 rings (SSSR count). The highest BCUT2D eigenvalue weighted by molar-refractivity contribution is 5.75. The minimum Gasteiger partial charge on any atom is -0.468 e. The molecule has 0 bridgehead atoms. The molecule has 1 aliphatic heterocycles. The number of nitrogens with zero attached hydrogens (tertiary/aromatic N) is 1. The number of methoxy groups -OCH3 is 1. The van der Waals surface area contributed by atoms with Crippen molar-refractivity contribution in [2.24, 2.45) is 0 Å². The van der Waals surface area contributed by atoms with Crippen molar-refractivity contribution in [1.29, 1.82) is 0 Å². The molecule has 3 heteroatoms. The Morgan fingerprint density at radius 3 is 2.75 bits per heavy atom. The molecule has 0 aromatic carbocycles. The Hall–Kier alpha value is -0.570. The fraction of sp³-hybridized carbons (Fsp3) is 0.889. The normalized spacial score (nSPS) is 31.6. The van der Waals surface area contributed by atoms with Crippen molar-refractivity contribution in [3.8, 4) is 0 Å². The van der Waals surface area contributed by atoms with E-state index in [1.807, 2.05) is 7.05 Å². The molecule has 1 fully saturated rings. The molecular weight excluding hydrogens is 154 g/mol. The Labute approximate surface area is 73.7 Å². The van der Waals surface area contributed by atoms with Gasteiger partial charge in [-0.15, -0.1) is 0 Å². The molecule has 1 saturated heterocycles. The van der Waals surface area contributed by atoms with Crippen LogP contribution >= 0.6 is 0 Å². The minimum atomic E-state index is -0.0935. The zero-order valence-electron chi connectivity index (χ0n) is 8.04. The van der Waals surface area contributed by atoms with Gasteiger partial charge in [0.2, 0.25) is 0 Å². The maximum atomic E-state index is 11.3. The second kappa shape index (κ2) is 3.90. The number of carbonyl (C=O) groups is 1. The fourth-order valence-electron chi connectivity index (χ4n) is 1.74. The molecule has 70 valence electrons. The van der Waals surface area contributed by atoms with E-state index in [9.17, 15) is 4.79 Å². The maximum Gasteiger partial charge on any atom is 0.323 e. The Kier molecular flexibility index (Phi) is 3.09. The molecule has 2 unspecified atom stereocenters. The van der Waals surface area contributed by atoms with E-state index in [0.29, 0.717) is 6.04 Å². The molecule has 1 aliphatic rings. The zero-order chi connectivity index (χ0) is 9.14. The lowest BCUT2D eigenvalue weighted by molar-refractivity contribution is -0.148. The summed E-state index contributed by atoms with van der Waals surface area (Å²) in [4.78, 5) is 13.4. The van der Waals surface area contributed by atoms with E-state index in [1.165, 1.54) is 13.5 Å². The van der Waals surface area contributed by atoms with Crippen molar-refractivity contribution in [3.05, 3.63) is 0 Å². The summed E-state index contributed by atoms with van der Waals surface area (Å²) in [6, 6.07) is 0.488. The number of rotatable bonds is 1. The van der Waals surface area contributed by atoms with Gasteiger partial charge >= 0.3 is 5.97 Å². The smallest absolute Gasteiger partial charge is 0.323 e. The van der Waals surface area contributed by atoms with Crippen LogP contribution in [0.4, 0.5) is 0 Å². The van der Waals surface area contributed by atoms with Crippen LogP contribution in [0.3, 0.4) is 0 Å². The highest BCUT2D eigenvalue weighted by atomic mass is 16.5. The molecule has 2 atom stereocenters. The number of esters is 1. The zero-order valence-corrected chi connectivity index (χ0v) is 8.04. The molecule has 0 amide bonds. The number of ether oxygens (including phenoxy) is 1. The number of hydrogen-bond donors (Lipinski definition) is 0. The summed E-state index contributed by atoms with van der Waals surface area (Å²) in [5.41, 5.74) is 0. The second-order valence-corrected chi connectivity index (χ2v) is 3.48. The standard InChI is InChI=1S/C9H17NO2/c1-7-5-4-6-8(10(7)2)9(11)12-3/h7-8H,4-6H2,1-3H3. The van der Waals surface area contributed by atoms with Gasteiger partial charge in [0.15, 0.2) is 0 Å². The van der Waals surface area contributed by atoms with Crippen molar-refractivity contribution < 1.29 is 9.53 Å². The van der Waals surface area contributed by atoms with E-state index < -0.39 is 0 Å². The summed E-state index contributed by atoms with van der Waals surface area (Å²) in [5.74, 6) is -0.0935. The van der Waals surface area contributed by atoms with E-state index in [1.54, 1.807) is 0 Å². The average molecular weight is 171 g/mol. The summed E-state index contributed by atoms with van der Waals surface area (Å²) >= 11 is 0. The van der Waals surface area contributed by atoms with Gasteiger partial charge in [-0.25, -0.2) is 0 Å². The van der Waals surface area contributed by atoms with Crippen LogP contribution in [0.15, 0.2) is 0 Å². The van der Waals surface area contributed by atoms with Gasteiger partial charge in [0.05, 0.1) is 7.11 Å². The summed E-state index contributed by atoms with van der Waals surface area (Å²) in [6.07, 6.45) is 3.25. The molecule has 0 N–H and O–H groups in total. The molecule has 0 radical (unpaired) electrons. The Balaban J connectivity index is 2.57. The van der Waals surface area contributed by atoms with E-state index in [0.717, 1.165) is 12.8 Å². The van der Waals surface area contributed by atoms with Crippen molar-refractivity contribution in [2.75, 3.05) is 14.2 Å². The van der Waals surface area contributed by atoms with Gasteiger partial charge in [0, 0.05) is 6.04 Å². The molecule has 0 aliphatic carbocycles. The summed E-state index contributed by atoms with van der Waals surface area (Å²) in [6.45, 7) is 2.15. The molecular formula is C9H17NO2.